The Morgan fingerprint density at radius 1 is 0.974 bits per heavy atom. The molecule has 3 fully saturated rings. The summed E-state index contributed by atoms with van der Waals surface area (Å²) in [6, 6.07) is 16.5. The van der Waals surface area contributed by atoms with E-state index in [-0.39, 0.29) is 23.8 Å². The van der Waals surface area contributed by atoms with Crippen LogP contribution in [0.5, 0.6) is 0 Å². The first-order chi connectivity index (χ1) is 19.1. The van der Waals surface area contributed by atoms with Gasteiger partial charge in [0.15, 0.2) is 0 Å². The first-order valence-corrected chi connectivity index (χ1v) is 14.1. The molecule has 7 rings (SSSR count). The largest absolute Gasteiger partial charge is 0.464 e. The van der Waals surface area contributed by atoms with Gasteiger partial charge in [-0.15, -0.1) is 0 Å². The molecular weight excluding hydrogens is 494 g/mol. The van der Waals surface area contributed by atoms with Crippen LogP contribution in [0.15, 0.2) is 64.2 Å². The van der Waals surface area contributed by atoms with Crippen LogP contribution in [0.2, 0.25) is 0 Å². The Bertz CT molecular complexity index is 1420. The highest BCUT2D eigenvalue weighted by Gasteiger charge is 2.50. The predicted octanol–water partition coefficient (Wildman–Crippen LogP) is 4.27. The SMILES string of the molecule is O=C(C1CCCO1)N1CCC(CN2C(=O)C3(CCOCC3)N=C2c2ccc(-c3ccc4occc4c3)cc2)C1. The van der Waals surface area contributed by atoms with Crippen LogP contribution in [-0.4, -0.2) is 78.5 Å². The highest BCUT2D eigenvalue weighted by atomic mass is 16.5. The number of hydrogen-bond donors (Lipinski definition) is 0. The maximum atomic E-state index is 13.9. The van der Waals surface area contributed by atoms with E-state index in [0.717, 1.165) is 52.8 Å². The van der Waals surface area contributed by atoms with Gasteiger partial charge in [0.2, 0.25) is 0 Å². The van der Waals surface area contributed by atoms with Crippen molar-refractivity contribution in [3.05, 3.63) is 60.4 Å². The molecule has 0 N–H and O–H groups in total. The number of rotatable bonds is 5. The van der Waals surface area contributed by atoms with Gasteiger partial charge in [0.05, 0.1) is 6.26 Å². The molecule has 0 bridgehead atoms. The zero-order valence-electron chi connectivity index (χ0n) is 22.0. The fraction of sp³-hybridized carbons (Fsp3) is 0.452. The zero-order chi connectivity index (χ0) is 26.4. The molecule has 0 aliphatic carbocycles. The molecule has 8 nitrogen and oxygen atoms in total. The van der Waals surface area contributed by atoms with Crippen LogP contribution < -0.4 is 0 Å². The lowest BCUT2D eigenvalue weighted by Gasteiger charge is -2.30. The number of nitrogens with zero attached hydrogens (tertiary/aromatic N) is 3. The summed E-state index contributed by atoms with van der Waals surface area (Å²) in [5.74, 6) is 1.11. The van der Waals surface area contributed by atoms with Crippen LogP contribution in [0.1, 0.15) is 37.7 Å². The van der Waals surface area contributed by atoms with Crippen LogP contribution in [0, 0.1) is 5.92 Å². The number of carbonyl (C=O) groups excluding carboxylic acids is 2. The summed E-state index contributed by atoms with van der Waals surface area (Å²) in [5.41, 5.74) is 3.27. The molecule has 0 radical (unpaired) electrons. The number of carbonyl (C=O) groups is 2. The molecule has 0 saturated carbocycles. The average Bonchev–Trinajstić information content (AvgIpc) is 3.79. The quantitative estimate of drug-likeness (QED) is 0.495. The van der Waals surface area contributed by atoms with Crippen molar-refractivity contribution < 1.29 is 23.5 Å². The van der Waals surface area contributed by atoms with Crippen molar-refractivity contribution in [3.63, 3.8) is 0 Å². The molecule has 4 aliphatic heterocycles. The molecule has 1 spiro atoms. The smallest absolute Gasteiger partial charge is 0.256 e. The molecule has 4 aliphatic rings. The number of hydrogen-bond acceptors (Lipinski definition) is 6. The van der Waals surface area contributed by atoms with Crippen molar-refractivity contribution >= 4 is 28.6 Å². The van der Waals surface area contributed by atoms with Crippen LogP contribution in [0.4, 0.5) is 0 Å². The second-order valence-corrected chi connectivity index (χ2v) is 11.2. The van der Waals surface area contributed by atoms with Gasteiger partial charge in [0.25, 0.3) is 11.8 Å². The van der Waals surface area contributed by atoms with Crippen molar-refractivity contribution in [1.82, 2.24) is 9.80 Å². The van der Waals surface area contributed by atoms with Crippen molar-refractivity contribution in [2.24, 2.45) is 10.9 Å². The van der Waals surface area contributed by atoms with E-state index < -0.39 is 5.54 Å². The van der Waals surface area contributed by atoms with Gasteiger partial charge in [-0.05, 0) is 54.5 Å². The second kappa shape index (κ2) is 9.92. The minimum Gasteiger partial charge on any atom is -0.464 e. The summed E-state index contributed by atoms with van der Waals surface area (Å²) in [5, 5.41) is 1.07. The minimum atomic E-state index is -0.746. The van der Waals surface area contributed by atoms with Crippen LogP contribution in [0.25, 0.3) is 22.1 Å². The van der Waals surface area contributed by atoms with Crippen molar-refractivity contribution in [2.45, 2.75) is 43.7 Å². The first-order valence-electron chi connectivity index (χ1n) is 14.1. The maximum Gasteiger partial charge on any atom is 0.256 e. The van der Waals surface area contributed by atoms with Crippen molar-refractivity contribution in [3.8, 4) is 11.1 Å². The van der Waals surface area contributed by atoms with Gasteiger partial charge in [-0.2, -0.15) is 0 Å². The molecule has 2 aromatic carbocycles. The Morgan fingerprint density at radius 3 is 2.56 bits per heavy atom. The lowest BCUT2D eigenvalue weighted by atomic mass is 9.90. The van der Waals surface area contributed by atoms with E-state index in [1.807, 2.05) is 21.9 Å². The molecule has 8 heteroatoms. The number of aliphatic imine (C=N–C) groups is 1. The summed E-state index contributed by atoms with van der Waals surface area (Å²) in [6.07, 6.45) is 5.23. The number of fused-ring (bicyclic) bond motifs is 1. The normalized spacial score (nSPS) is 24.7. The molecule has 1 aromatic heterocycles. The standard InChI is InChI=1S/C31H33N3O5/c35-29(27-2-1-14-38-27)33-13-9-21(19-33)20-34-28(32-31(30(34)36)11-16-37-17-12-31)23-5-3-22(4-6-23)24-7-8-26-25(18-24)10-15-39-26/h3-8,10,15,18,21,27H,1-2,9,11-14,16-17,19-20H2. The highest BCUT2D eigenvalue weighted by molar-refractivity contribution is 6.15. The molecule has 2 atom stereocenters. The number of amidine groups is 1. The Labute approximate surface area is 227 Å². The lowest BCUT2D eigenvalue weighted by Crippen LogP contribution is -2.47. The van der Waals surface area contributed by atoms with Gasteiger partial charge in [-0.3, -0.25) is 19.5 Å². The number of ether oxygens (including phenoxy) is 2. The van der Waals surface area contributed by atoms with E-state index >= 15 is 0 Å². The third kappa shape index (κ3) is 4.45. The maximum absolute atomic E-state index is 13.9. The predicted molar refractivity (Wildman–Crippen MR) is 146 cm³/mol. The number of likely N-dealkylation sites (tertiary alicyclic amines) is 1. The summed E-state index contributed by atoms with van der Waals surface area (Å²) in [4.78, 5) is 35.7. The van der Waals surface area contributed by atoms with Gasteiger partial charge in [0, 0.05) is 63.2 Å². The molecule has 39 heavy (non-hydrogen) atoms. The molecule has 202 valence electrons. The van der Waals surface area contributed by atoms with Gasteiger partial charge in [-0.25, -0.2) is 0 Å². The molecular formula is C31H33N3O5. The first kappa shape index (κ1) is 24.5. The fourth-order valence-corrected chi connectivity index (χ4v) is 6.46. The summed E-state index contributed by atoms with van der Waals surface area (Å²) in [6.45, 7) is 3.68. The Kier molecular flexibility index (Phi) is 6.24. The van der Waals surface area contributed by atoms with Crippen LogP contribution >= 0.6 is 0 Å². The van der Waals surface area contributed by atoms with Gasteiger partial charge >= 0.3 is 0 Å². The Hall–Kier alpha value is -3.49. The summed E-state index contributed by atoms with van der Waals surface area (Å²) in [7, 11) is 0. The van der Waals surface area contributed by atoms with Crippen molar-refractivity contribution in [2.75, 3.05) is 39.5 Å². The second-order valence-electron chi connectivity index (χ2n) is 11.2. The summed E-state index contributed by atoms with van der Waals surface area (Å²) >= 11 is 0. The fourth-order valence-electron chi connectivity index (χ4n) is 6.46. The number of furan rings is 1. The minimum absolute atomic E-state index is 0.0687. The van der Waals surface area contributed by atoms with E-state index in [4.69, 9.17) is 18.9 Å². The van der Waals surface area contributed by atoms with Crippen molar-refractivity contribution in [1.29, 1.82) is 0 Å². The molecule has 2 unspecified atom stereocenters. The van der Waals surface area contributed by atoms with E-state index in [2.05, 4.69) is 36.4 Å². The lowest BCUT2D eigenvalue weighted by molar-refractivity contribution is -0.139. The Morgan fingerprint density at radius 2 is 1.77 bits per heavy atom. The average molecular weight is 528 g/mol. The van der Waals surface area contributed by atoms with E-state index in [9.17, 15) is 9.59 Å². The summed E-state index contributed by atoms with van der Waals surface area (Å²) < 4.78 is 16.7. The van der Waals surface area contributed by atoms with E-state index in [0.29, 0.717) is 52.3 Å². The number of amides is 2. The van der Waals surface area contributed by atoms with Gasteiger partial charge in [0.1, 0.15) is 23.1 Å². The third-order valence-corrected chi connectivity index (χ3v) is 8.71. The number of benzene rings is 2. The van der Waals surface area contributed by atoms with Gasteiger partial charge in [-0.1, -0.05) is 30.3 Å². The third-order valence-electron chi connectivity index (χ3n) is 8.71. The zero-order valence-corrected chi connectivity index (χ0v) is 22.0. The topological polar surface area (TPSA) is 84.6 Å². The van der Waals surface area contributed by atoms with Gasteiger partial charge < -0.3 is 18.8 Å². The molecule has 3 aromatic rings. The molecule has 2 amide bonds. The van der Waals surface area contributed by atoms with Crippen LogP contribution in [-0.2, 0) is 19.1 Å². The Balaban J connectivity index is 1.13. The van der Waals surface area contributed by atoms with E-state index in [1.165, 1.54) is 0 Å². The molecule has 5 heterocycles. The van der Waals surface area contributed by atoms with Crippen LogP contribution in [0.3, 0.4) is 0 Å². The monoisotopic (exact) mass is 527 g/mol. The highest BCUT2D eigenvalue weighted by Crippen LogP contribution is 2.36. The molecule has 3 saturated heterocycles. The van der Waals surface area contributed by atoms with E-state index in [1.54, 1.807) is 6.26 Å².